The minimum Gasteiger partial charge on any atom is -0.307 e. The van der Waals surface area contributed by atoms with Crippen LogP contribution in [0.1, 0.15) is 33.4 Å². The van der Waals surface area contributed by atoms with E-state index >= 15 is 0 Å². The zero-order valence-electron chi connectivity index (χ0n) is 12.4. The predicted molar refractivity (Wildman–Crippen MR) is 85.4 cm³/mol. The number of carbonyl (C=O) groups excluding carboxylic acids is 2. The Morgan fingerprint density at radius 2 is 1.86 bits per heavy atom. The number of nitrogens with one attached hydrogen (secondary N) is 2. The van der Waals surface area contributed by atoms with Gasteiger partial charge in [-0.15, -0.1) is 0 Å². The lowest BCUT2D eigenvalue weighted by molar-refractivity contribution is 0.102. The molecule has 0 saturated carbocycles. The number of carbonyl (C=O) groups is 2. The van der Waals surface area contributed by atoms with E-state index < -0.39 is 0 Å². The standard InChI is InChI=1S/C15H17N3O2S/c1-8-5-6-9(2)12(7-8)17-14(20)18-15-16-10(3)13(21-15)11(4)19/h5-7H,1-4H3,(H2,16,17,18,20). The summed E-state index contributed by atoms with van der Waals surface area (Å²) in [5.41, 5.74) is 3.44. The first-order chi connectivity index (χ1) is 9.86. The molecule has 1 heterocycles. The smallest absolute Gasteiger partial charge is 0.307 e. The Morgan fingerprint density at radius 3 is 2.48 bits per heavy atom. The highest BCUT2D eigenvalue weighted by Gasteiger charge is 2.13. The van der Waals surface area contributed by atoms with Crippen LogP contribution < -0.4 is 10.6 Å². The van der Waals surface area contributed by atoms with Crippen LogP contribution in [-0.4, -0.2) is 16.8 Å². The molecule has 0 spiro atoms. The van der Waals surface area contributed by atoms with E-state index in [1.54, 1.807) is 6.92 Å². The van der Waals surface area contributed by atoms with Crippen molar-refractivity contribution in [3.05, 3.63) is 39.9 Å². The van der Waals surface area contributed by atoms with Gasteiger partial charge in [-0.3, -0.25) is 10.1 Å². The minimum atomic E-state index is -0.368. The van der Waals surface area contributed by atoms with Gasteiger partial charge in [-0.1, -0.05) is 23.5 Å². The van der Waals surface area contributed by atoms with Gasteiger partial charge in [0.05, 0.1) is 10.6 Å². The lowest BCUT2D eigenvalue weighted by Gasteiger charge is -2.09. The van der Waals surface area contributed by atoms with Crippen molar-refractivity contribution in [1.82, 2.24) is 4.98 Å². The Balaban J connectivity index is 2.10. The molecular weight excluding hydrogens is 286 g/mol. The van der Waals surface area contributed by atoms with Gasteiger partial charge in [-0.05, 0) is 38.0 Å². The van der Waals surface area contributed by atoms with Gasteiger partial charge < -0.3 is 5.32 Å². The second kappa shape index (κ2) is 6.05. The Bertz CT molecular complexity index is 707. The maximum atomic E-state index is 12.0. The van der Waals surface area contributed by atoms with Crippen LogP contribution in [0.4, 0.5) is 15.6 Å². The number of benzene rings is 1. The lowest BCUT2D eigenvalue weighted by Crippen LogP contribution is -2.19. The predicted octanol–water partition coefficient (Wildman–Crippen LogP) is 3.91. The summed E-state index contributed by atoms with van der Waals surface area (Å²) in [4.78, 5) is 28.1. The van der Waals surface area contributed by atoms with Crippen molar-refractivity contribution in [3.63, 3.8) is 0 Å². The summed E-state index contributed by atoms with van der Waals surface area (Å²) >= 11 is 1.18. The fourth-order valence-electron chi connectivity index (χ4n) is 1.90. The van der Waals surface area contributed by atoms with Crippen molar-refractivity contribution in [2.75, 3.05) is 10.6 Å². The minimum absolute atomic E-state index is 0.0482. The van der Waals surface area contributed by atoms with E-state index in [4.69, 9.17) is 0 Å². The first-order valence-electron chi connectivity index (χ1n) is 6.50. The zero-order chi connectivity index (χ0) is 15.6. The number of thiazole rings is 1. The molecule has 21 heavy (non-hydrogen) atoms. The van der Waals surface area contributed by atoms with Crippen molar-refractivity contribution in [2.24, 2.45) is 0 Å². The molecule has 0 atom stereocenters. The van der Waals surface area contributed by atoms with Crippen molar-refractivity contribution in [2.45, 2.75) is 27.7 Å². The quantitative estimate of drug-likeness (QED) is 0.844. The molecule has 5 nitrogen and oxygen atoms in total. The third kappa shape index (κ3) is 3.66. The first kappa shape index (κ1) is 15.2. The molecule has 110 valence electrons. The van der Waals surface area contributed by atoms with E-state index in [9.17, 15) is 9.59 Å². The summed E-state index contributed by atoms with van der Waals surface area (Å²) < 4.78 is 0. The molecular formula is C15H17N3O2S. The van der Waals surface area contributed by atoms with Gasteiger partial charge in [0.1, 0.15) is 0 Å². The number of anilines is 2. The van der Waals surface area contributed by atoms with E-state index in [0.29, 0.717) is 15.7 Å². The van der Waals surface area contributed by atoms with Crippen LogP contribution >= 0.6 is 11.3 Å². The molecule has 1 aromatic carbocycles. The van der Waals surface area contributed by atoms with E-state index in [1.807, 2.05) is 32.0 Å². The number of urea groups is 1. The molecule has 0 radical (unpaired) electrons. The summed E-state index contributed by atoms with van der Waals surface area (Å²) in [6.45, 7) is 7.13. The molecule has 1 aromatic heterocycles. The van der Waals surface area contributed by atoms with Gasteiger partial charge >= 0.3 is 6.03 Å². The SMILES string of the molecule is CC(=O)c1sc(NC(=O)Nc2cc(C)ccc2C)nc1C. The number of nitrogens with zero attached hydrogens (tertiary/aromatic N) is 1. The van der Waals surface area contributed by atoms with Crippen molar-refractivity contribution in [3.8, 4) is 0 Å². The van der Waals surface area contributed by atoms with Gasteiger partial charge in [0.25, 0.3) is 0 Å². The third-order valence-electron chi connectivity index (χ3n) is 2.98. The first-order valence-corrected chi connectivity index (χ1v) is 7.32. The average Bonchev–Trinajstić information content (AvgIpc) is 2.74. The number of ketones is 1. The van der Waals surface area contributed by atoms with Crippen molar-refractivity contribution in [1.29, 1.82) is 0 Å². The van der Waals surface area contributed by atoms with Crippen molar-refractivity contribution >= 4 is 34.0 Å². The molecule has 0 aliphatic carbocycles. The molecule has 0 bridgehead atoms. The fraction of sp³-hybridized carbons (Fsp3) is 0.267. The number of rotatable bonds is 3. The summed E-state index contributed by atoms with van der Waals surface area (Å²) in [5, 5.41) is 5.86. The Kier molecular flexibility index (Phi) is 4.37. The second-order valence-corrected chi connectivity index (χ2v) is 5.89. The van der Waals surface area contributed by atoms with Gasteiger partial charge in [0.2, 0.25) is 0 Å². The Hall–Kier alpha value is -2.21. The summed E-state index contributed by atoms with van der Waals surface area (Å²) in [7, 11) is 0. The molecule has 0 fully saturated rings. The number of hydrogen-bond acceptors (Lipinski definition) is 4. The Morgan fingerprint density at radius 1 is 1.14 bits per heavy atom. The zero-order valence-corrected chi connectivity index (χ0v) is 13.2. The van der Waals surface area contributed by atoms with Crippen LogP contribution in [0.25, 0.3) is 0 Å². The second-order valence-electron chi connectivity index (χ2n) is 4.89. The van der Waals surface area contributed by atoms with Gasteiger partial charge in [0.15, 0.2) is 10.9 Å². The molecule has 0 saturated heterocycles. The highest BCUT2D eigenvalue weighted by atomic mass is 32.1. The summed E-state index contributed by atoms with van der Waals surface area (Å²) in [5.74, 6) is -0.0482. The average molecular weight is 303 g/mol. The largest absolute Gasteiger partial charge is 0.325 e. The van der Waals surface area contributed by atoms with Crippen molar-refractivity contribution < 1.29 is 9.59 Å². The van der Waals surface area contributed by atoms with E-state index in [1.165, 1.54) is 18.3 Å². The third-order valence-corrected chi connectivity index (χ3v) is 4.15. The lowest BCUT2D eigenvalue weighted by atomic mass is 10.1. The van der Waals surface area contributed by atoms with Gasteiger partial charge in [-0.25, -0.2) is 9.78 Å². The summed E-state index contributed by atoms with van der Waals surface area (Å²) in [6.07, 6.45) is 0. The van der Waals surface area contributed by atoms with Crippen LogP contribution in [0, 0.1) is 20.8 Å². The van der Waals surface area contributed by atoms with Crippen LogP contribution in [-0.2, 0) is 0 Å². The molecule has 0 aliphatic rings. The molecule has 2 amide bonds. The fourth-order valence-corrected chi connectivity index (χ4v) is 2.75. The van der Waals surface area contributed by atoms with Gasteiger partial charge in [0, 0.05) is 12.6 Å². The van der Waals surface area contributed by atoms with E-state index in [-0.39, 0.29) is 11.8 Å². The highest BCUT2D eigenvalue weighted by Crippen LogP contribution is 2.23. The molecule has 2 N–H and O–H groups in total. The van der Waals surface area contributed by atoms with Crippen LogP contribution in [0.2, 0.25) is 0 Å². The molecule has 6 heteroatoms. The number of aromatic nitrogens is 1. The highest BCUT2D eigenvalue weighted by molar-refractivity contribution is 7.17. The maximum absolute atomic E-state index is 12.0. The molecule has 2 rings (SSSR count). The number of aryl methyl sites for hydroxylation is 3. The Labute approximate surface area is 127 Å². The van der Waals surface area contributed by atoms with Crippen LogP contribution in [0.3, 0.4) is 0 Å². The molecule has 0 unspecified atom stereocenters. The normalized spacial score (nSPS) is 10.3. The van der Waals surface area contributed by atoms with Gasteiger partial charge in [-0.2, -0.15) is 0 Å². The maximum Gasteiger partial charge on any atom is 0.325 e. The van der Waals surface area contributed by atoms with Crippen LogP contribution in [0.15, 0.2) is 18.2 Å². The topological polar surface area (TPSA) is 71.1 Å². The molecule has 2 aromatic rings. The number of Topliss-reactive ketones (excluding diaryl/α,β-unsaturated/α-hetero) is 1. The van der Waals surface area contributed by atoms with E-state index in [2.05, 4.69) is 15.6 Å². The summed E-state index contributed by atoms with van der Waals surface area (Å²) in [6, 6.07) is 5.48. The van der Waals surface area contributed by atoms with E-state index in [0.717, 1.165) is 16.8 Å². The molecule has 0 aliphatic heterocycles. The monoisotopic (exact) mass is 303 g/mol. The number of hydrogen-bond donors (Lipinski definition) is 2. The number of amides is 2. The van der Waals surface area contributed by atoms with Crippen LogP contribution in [0.5, 0.6) is 0 Å².